The fraction of sp³-hybridized carbons (Fsp3) is 0.318. The van der Waals surface area contributed by atoms with E-state index < -0.39 is 0 Å². The number of hydrogen-bond donors (Lipinski definition) is 1. The largest absolute Gasteiger partial charge is 0.495 e. The Hall–Kier alpha value is -2.80. The molecule has 2 aromatic carbocycles. The van der Waals surface area contributed by atoms with E-state index in [2.05, 4.69) is 10.3 Å². The minimum Gasteiger partial charge on any atom is -0.495 e. The number of ether oxygens (including phenoxy) is 1. The summed E-state index contributed by atoms with van der Waals surface area (Å²) < 4.78 is 6.98. The van der Waals surface area contributed by atoms with Crippen molar-refractivity contribution >= 4 is 34.3 Å². The molecule has 0 aliphatic heterocycles. The molecule has 1 N–H and O–H groups in total. The van der Waals surface area contributed by atoms with Crippen LogP contribution in [0.2, 0.25) is 0 Å². The maximum absolute atomic E-state index is 12.9. The number of benzene rings is 2. The van der Waals surface area contributed by atoms with E-state index in [-0.39, 0.29) is 23.1 Å². The summed E-state index contributed by atoms with van der Waals surface area (Å²) in [5, 5.41) is 4.02. The smallest absolute Gasteiger partial charge is 0.262 e. The van der Waals surface area contributed by atoms with Crippen molar-refractivity contribution in [3.63, 3.8) is 0 Å². The predicted molar refractivity (Wildman–Crippen MR) is 118 cm³/mol. The first-order valence-corrected chi connectivity index (χ1v) is 10.4. The van der Waals surface area contributed by atoms with Crippen LogP contribution in [0, 0.1) is 12.8 Å². The average molecular weight is 412 g/mol. The van der Waals surface area contributed by atoms with Crippen LogP contribution in [-0.2, 0) is 11.3 Å². The summed E-state index contributed by atoms with van der Waals surface area (Å²) >= 11 is 1.26. The molecule has 1 aromatic heterocycles. The van der Waals surface area contributed by atoms with Gasteiger partial charge >= 0.3 is 0 Å². The number of carbonyl (C=O) groups is 1. The molecule has 152 valence electrons. The molecule has 0 fully saturated rings. The monoisotopic (exact) mass is 411 g/mol. The number of carbonyl (C=O) groups excluding carboxylic acids is 1. The molecule has 1 heterocycles. The number of nitrogens with zero attached hydrogens (tertiary/aromatic N) is 2. The van der Waals surface area contributed by atoms with E-state index in [0.29, 0.717) is 34.0 Å². The van der Waals surface area contributed by atoms with Crippen molar-refractivity contribution < 1.29 is 9.53 Å². The second-order valence-electron chi connectivity index (χ2n) is 7.26. The first-order chi connectivity index (χ1) is 13.9. The summed E-state index contributed by atoms with van der Waals surface area (Å²) in [6.07, 6.45) is 0. The second kappa shape index (κ2) is 9.13. The fourth-order valence-corrected chi connectivity index (χ4v) is 3.83. The third kappa shape index (κ3) is 4.98. The van der Waals surface area contributed by atoms with Gasteiger partial charge in [0, 0.05) is 6.54 Å². The molecule has 6 nitrogen and oxygen atoms in total. The van der Waals surface area contributed by atoms with E-state index in [1.807, 2.05) is 57.2 Å². The van der Waals surface area contributed by atoms with Gasteiger partial charge in [-0.15, -0.1) is 0 Å². The third-order valence-electron chi connectivity index (χ3n) is 4.34. The van der Waals surface area contributed by atoms with Crippen molar-refractivity contribution in [3.8, 4) is 5.75 Å². The summed E-state index contributed by atoms with van der Waals surface area (Å²) in [5.41, 5.74) is 2.22. The minimum absolute atomic E-state index is 0.0763. The van der Waals surface area contributed by atoms with Crippen LogP contribution in [-0.4, -0.2) is 28.3 Å². The quantitative estimate of drug-likeness (QED) is 0.468. The summed E-state index contributed by atoms with van der Waals surface area (Å²) in [7, 11) is 1.57. The molecule has 0 radical (unpaired) electrons. The maximum atomic E-state index is 12.9. The normalized spacial score (nSPS) is 11.1. The topological polar surface area (TPSA) is 73.2 Å². The van der Waals surface area contributed by atoms with Gasteiger partial charge in [0.25, 0.3) is 5.56 Å². The zero-order chi connectivity index (χ0) is 21.0. The van der Waals surface area contributed by atoms with Crippen LogP contribution in [0.3, 0.4) is 0 Å². The number of fused-ring (bicyclic) bond motifs is 1. The molecule has 0 spiro atoms. The Balaban J connectivity index is 1.83. The van der Waals surface area contributed by atoms with Crippen molar-refractivity contribution in [2.24, 2.45) is 5.92 Å². The van der Waals surface area contributed by atoms with E-state index >= 15 is 0 Å². The lowest BCUT2D eigenvalue weighted by Gasteiger charge is -2.15. The van der Waals surface area contributed by atoms with Crippen LogP contribution in [0.5, 0.6) is 5.75 Å². The first-order valence-electron chi connectivity index (χ1n) is 9.46. The summed E-state index contributed by atoms with van der Waals surface area (Å²) in [6, 6.07) is 12.9. The zero-order valence-corrected chi connectivity index (χ0v) is 17.9. The number of nitrogens with one attached hydrogen (secondary N) is 1. The van der Waals surface area contributed by atoms with Gasteiger partial charge in [-0.1, -0.05) is 43.8 Å². The van der Waals surface area contributed by atoms with Gasteiger partial charge in [0.05, 0.1) is 29.5 Å². The van der Waals surface area contributed by atoms with Gasteiger partial charge in [-0.25, -0.2) is 4.98 Å². The number of amides is 1. The number of anilines is 1. The highest BCUT2D eigenvalue weighted by Gasteiger charge is 2.15. The highest BCUT2D eigenvalue weighted by Crippen LogP contribution is 2.26. The number of rotatable bonds is 7. The van der Waals surface area contributed by atoms with Crippen molar-refractivity contribution in [3.05, 3.63) is 58.4 Å². The number of hydrogen-bond acceptors (Lipinski definition) is 5. The molecule has 3 aromatic rings. The molecular weight excluding hydrogens is 386 g/mol. The van der Waals surface area contributed by atoms with Crippen LogP contribution in [0.15, 0.2) is 52.4 Å². The third-order valence-corrected chi connectivity index (χ3v) is 5.31. The Morgan fingerprint density at radius 3 is 2.72 bits per heavy atom. The van der Waals surface area contributed by atoms with Crippen LogP contribution < -0.4 is 15.6 Å². The van der Waals surface area contributed by atoms with E-state index in [1.165, 1.54) is 11.8 Å². The Kier molecular flexibility index (Phi) is 6.59. The van der Waals surface area contributed by atoms with Crippen molar-refractivity contribution in [1.29, 1.82) is 0 Å². The zero-order valence-electron chi connectivity index (χ0n) is 17.1. The molecule has 0 unspecified atom stereocenters. The predicted octanol–water partition coefficient (Wildman–Crippen LogP) is 4.10. The molecule has 0 saturated carbocycles. The lowest BCUT2D eigenvalue weighted by atomic mass is 10.2. The maximum Gasteiger partial charge on any atom is 0.262 e. The molecular formula is C22H25N3O3S. The average Bonchev–Trinajstić information content (AvgIpc) is 2.69. The van der Waals surface area contributed by atoms with Crippen molar-refractivity contribution in [1.82, 2.24) is 9.55 Å². The van der Waals surface area contributed by atoms with E-state index in [4.69, 9.17) is 4.74 Å². The number of thioether (sulfide) groups is 1. The SMILES string of the molecule is COc1ccc(C)cc1NC(=O)CSc1nc2ccccc2c(=O)n1CC(C)C. The standard InChI is InChI=1S/C22H25N3O3S/c1-14(2)12-25-21(27)16-7-5-6-8-17(16)24-22(25)29-13-20(26)23-18-11-15(3)9-10-19(18)28-4/h5-11,14H,12-13H2,1-4H3,(H,23,26). The minimum atomic E-state index is -0.183. The second-order valence-corrected chi connectivity index (χ2v) is 8.20. The fourth-order valence-electron chi connectivity index (χ4n) is 3.02. The summed E-state index contributed by atoms with van der Waals surface area (Å²) in [4.78, 5) is 30.1. The van der Waals surface area contributed by atoms with Crippen LogP contribution in [0.1, 0.15) is 19.4 Å². The molecule has 3 rings (SSSR count). The molecule has 7 heteroatoms. The number of aryl methyl sites for hydroxylation is 1. The van der Waals surface area contributed by atoms with Gasteiger partial charge in [-0.3, -0.25) is 14.2 Å². The lowest BCUT2D eigenvalue weighted by molar-refractivity contribution is -0.113. The van der Waals surface area contributed by atoms with Crippen molar-refractivity contribution in [2.45, 2.75) is 32.5 Å². The Bertz CT molecular complexity index is 1090. The van der Waals surface area contributed by atoms with Gasteiger partial charge in [-0.05, 0) is 42.7 Å². The molecule has 0 saturated heterocycles. The molecule has 0 aliphatic rings. The lowest BCUT2D eigenvalue weighted by Crippen LogP contribution is -2.26. The van der Waals surface area contributed by atoms with Gasteiger partial charge in [0.15, 0.2) is 5.16 Å². The molecule has 29 heavy (non-hydrogen) atoms. The van der Waals surface area contributed by atoms with Gasteiger partial charge in [0.1, 0.15) is 5.75 Å². The summed E-state index contributed by atoms with van der Waals surface area (Å²) in [6.45, 7) is 6.60. The van der Waals surface area contributed by atoms with Crippen LogP contribution >= 0.6 is 11.8 Å². The van der Waals surface area contributed by atoms with Crippen LogP contribution in [0.25, 0.3) is 10.9 Å². The van der Waals surface area contributed by atoms with E-state index in [0.717, 1.165) is 5.56 Å². The van der Waals surface area contributed by atoms with Gasteiger partial charge in [-0.2, -0.15) is 0 Å². The summed E-state index contributed by atoms with van der Waals surface area (Å²) in [5.74, 6) is 0.840. The van der Waals surface area contributed by atoms with Gasteiger partial charge in [0.2, 0.25) is 5.91 Å². The van der Waals surface area contributed by atoms with E-state index in [9.17, 15) is 9.59 Å². The Labute approximate surface area is 174 Å². The number of aromatic nitrogens is 2. The van der Waals surface area contributed by atoms with Crippen molar-refractivity contribution in [2.75, 3.05) is 18.2 Å². The molecule has 0 aliphatic carbocycles. The number of methoxy groups -OCH3 is 1. The van der Waals surface area contributed by atoms with E-state index in [1.54, 1.807) is 17.7 Å². The molecule has 1 amide bonds. The Morgan fingerprint density at radius 2 is 2.00 bits per heavy atom. The Morgan fingerprint density at radius 1 is 1.24 bits per heavy atom. The number of para-hydroxylation sites is 1. The van der Waals surface area contributed by atoms with Crippen LogP contribution in [0.4, 0.5) is 5.69 Å². The molecule has 0 bridgehead atoms. The molecule has 0 atom stereocenters. The van der Waals surface area contributed by atoms with Gasteiger partial charge < -0.3 is 10.1 Å². The highest BCUT2D eigenvalue weighted by atomic mass is 32.2. The highest BCUT2D eigenvalue weighted by molar-refractivity contribution is 7.99. The first kappa shape index (κ1) is 20.9.